The van der Waals surface area contributed by atoms with E-state index in [1.165, 1.54) is 5.56 Å². The molecule has 0 radical (unpaired) electrons. The summed E-state index contributed by atoms with van der Waals surface area (Å²) in [5.41, 5.74) is 0.528. The molecule has 25 heavy (non-hydrogen) atoms. The van der Waals surface area contributed by atoms with Crippen LogP contribution in [0.25, 0.3) is 0 Å². The number of ether oxygens (including phenoxy) is 1. The molecule has 1 aromatic rings. The molecule has 2 aliphatic carbocycles. The number of likely N-dealkylation sites (N-methyl/N-ethyl adjacent to an activating group) is 1. The Labute approximate surface area is 151 Å². The molecular weight excluding hydrogens is 314 g/mol. The summed E-state index contributed by atoms with van der Waals surface area (Å²) in [7, 11) is 4.08. The third kappa shape index (κ3) is 3.57. The van der Waals surface area contributed by atoms with E-state index in [9.17, 15) is 10.2 Å². The summed E-state index contributed by atoms with van der Waals surface area (Å²) >= 11 is 0. The molecule has 0 heterocycles. The molecule has 0 amide bonds. The van der Waals surface area contributed by atoms with E-state index in [0.29, 0.717) is 12.5 Å². The van der Waals surface area contributed by atoms with Gasteiger partial charge in [0.1, 0.15) is 12.4 Å². The van der Waals surface area contributed by atoms with Gasteiger partial charge in [-0.1, -0.05) is 19.1 Å². The molecule has 0 saturated heterocycles. The van der Waals surface area contributed by atoms with Gasteiger partial charge in [0.15, 0.2) is 0 Å². The van der Waals surface area contributed by atoms with Crippen LogP contribution in [0.15, 0.2) is 24.3 Å². The molecule has 0 aromatic heterocycles. The molecule has 2 N–H and O–H groups in total. The van der Waals surface area contributed by atoms with E-state index in [1.807, 2.05) is 26.2 Å². The van der Waals surface area contributed by atoms with Crippen LogP contribution in [0.4, 0.5) is 0 Å². The second-order valence-electron chi connectivity index (χ2n) is 8.53. The van der Waals surface area contributed by atoms with Crippen LogP contribution in [0.1, 0.15) is 50.5 Å². The fraction of sp³-hybridized carbons (Fsp3) is 0.714. The Bertz CT molecular complexity index is 573. The van der Waals surface area contributed by atoms with Gasteiger partial charge in [0.2, 0.25) is 0 Å². The standard InChI is InChI=1S/C21H33NO3/c1-20-10-8-17(14-21(20,24)11-9-18(20)15-23)16-4-6-19(7-5-16)25-13-12-22(2)3/h4-7,17-18,23-24H,8-15H2,1-3H3/t17-,18+,20+,21-/m0/s1. The summed E-state index contributed by atoms with van der Waals surface area (Å²) in [4.78, 5) is 2.11. The lowest BCUT2D eigenvalue weighted by atomic mass is 9.59. The topological polar surface area (TPSA) is 52.9 Å². The van der Waals surface area contributed by atoms with Crippen molar-refractivity contribution in [3.63, 3.8) is 0 Å². The SMILES string of the molecule is CN(C)CCOc1ccc([C@H]2CC[C@]3(C)[C@@H](CO)CC[C@]3(O)C2)cc1. The fourth-order valence-corrected chi connectivity index (χ4v) is 4.91. The molecule has 3 rings (SSSR count). The lowest BCUT2D eigenvalue weighted by molar-refractivity contribution is -0.110. The predicted octanol–water partition coefficient (Wildman–Crippen LogP) is 3.03. The van der Waals surface area contributed by atoms with Crippen LogP contribution in [0.5, 0.6) is 5.75 Å². The normalized spacial score (nSPS) is 35.0. The molecular formula is C21H33NO3. The highest BCUT2D eigenvalue weighted by molar-refractivity contribution is 5.31. The molecule has 140 valence electrons. The summed E-state index contributed by atoms with van der Waals surface area (Å²) in [5, 5.41) is 21.0. The third-order valence-electron chi connectivity index (χ3n) is 6.85. The zero-order valence-corrected chi connectivity index (χ0v) is 15.9. The maximum Gasteiger partial charge on any atom is 0.119 e. The van der Waals surface area contributed by atoms with E-state index >= 15 is 0 Å². The third-order valence-corrected chi connectivity index (χ3v) is 6.85. The van der Waals surface area contributed by atoms with Crippen molar-refractivity contribution in [1.29, 1.82) is 0 Å². The Hall–Kier alpha value is -1.10. The van der Waals surface area contributed by atoms with Crippen molar-refractivity contribution in [1.82, 2.24) is 4.90 Å². The second-order valence-corrected chi connectivity index (χ2v) is 8.53. The van der Waals surface area contributed by atoms with E-state index < -0.39 is 5.60 Å². The van der Waals surface area contributed by atoms with E-state index in [-0.39, 0.29) is 17.9 Å². The minimum Gasteiger partial charge on any atom is -0.492 e. The quantitative estimate of drug-likeness (QED) is 0.830. The molecule has 4 nitrogen and oxygen atoms in total. The van der Waals surface area contributed by atoms with Crippen LogP contribution in [-0.4, -0.2) is 54.6 Å². The molecule has 0 aliphatic heterocycles. The highest BCUT2D eigenvalue weighted by atomic mass is 16.5. The van der Waals surface area contributed by atoms with Crippen molar-refractivity contribution in [2.24, 2.45) is 11.3 Å². The predicted molar refractivity (Wildman–Crippen MR) is 99.9 cm³/mol. The smallest absolute Gasteiger partial charge is 0.119 e. The highest BCUT2D eigenvalue weighted by Gasteiger charge is 2.58. The van der Waals surface area contributed by atoms with Crippen molar-refractivity contribution in [3.05, 3.63) is 29.8 Å². The number of fused-ring (bicyclic) bond motifs is 1. The number of aliphatic hydroxyl groups excluding tert-OH is 1. The lowest BCUT2D eigenvalue weighted by Crippen LogP contribution is -2.49. The van der Waals surface area contributed by atoms with Crippen LogP contribution in [0.3, 0.4) is 0 Å². The first-order chi connectivity index (χ1) is 11.9. The number of nitrogens with zero attached hydrogens (tertiary/aromatic N) is 1. The van der Waals surface area contributed by atoms with Crippen LogP contribution >= 0.6 is 0 Å². The zero-order valence-electron chi connectivity index (χ0n) is 15.9. The molecule has 4 atom stereocenters. The van der Waals surface area contributed by atoms with Gasteiger partial charge in [-0.3, -0.25) is 0 Å². The van der Waals surface area contributed by atoms with E-state index in [0.717, 1.165) is 44.4 Å². The average Bonchev–Trinajstić information content (AvgIpc) is 2.85. The average molecular weight is 347 g/mol. The molecule has 2 fully saturated rings. The first-order valence-electron chi connectivity index (χ1n) is 9.59. The summed E-state index contributed by atoms with van der Waals surface area (Å²) in [6, 6.07) is 8.41. The van der Waals surface area contributed by atoms with Gasteiger partial charge in [0, 0.05) is 18.6 Å². The van der Waals surface area contributed by atoms with Crippen molar-refractivity contribution in [2.75, 3.05) is 33.9 Å². The minimum atomic E-state index is -0.635. The van der Waals surface area contributed by atoms with Gasteiger partial charge in [0.25, 0.3) is 0 Å². The van der Waals surface area contributed by atoms with Crippen molar-refractivity contribution in [2.45, 2.75) is 50.5 Å². The summed E-state index contributed by atoms with van der Waals surface area (Å²) < 4.78 is 5.77. The number of benzene rings is 1. The molecule has 2 saturated carbocycles. The Kier molecular flexibility index (Phi) is 5.42. The maximum absolute atomic E-state index is 11.3. The van der Waals surface area contributed by atoms with Crippen molar-refractivity contribution < 1.29 is 14.9 Å². The molecule has 4 heteroatoms. The maximum atomic E-state index is 11.3. The van der Waals surface area contributed by atoms with E-state index in [1.54, 1.807) is 0 Å². The van der Waals surface area contributed by atoms with Gasteiger partial charge < -0.3 is 19.8 Å². The molecule has 0 unspecified atom stereocenters. The number of rotatable bonds is 6. The van der Waals surface area contributed by atoms with Gasteiger partial charge in [-0.25, -0.2) is 0 Å². The first kappa shape index (κ1) is 18.7. The van der Waals surface area contributed by atoms with E-state index in [4.69, 9.17) is 4.74 Å². The molecule has 2 aliphatic rings. The molecule has 0 spiro atoms. The van der Waals surface area contributed by atoms with Crippen LogP contribution in [0, 0.1) is 11.3 Å². The number of hydrogen-bond donors (Lipinski definition) is 2. The van der Waals surface area contributed by atoms with Crippen molar-refractivity contribution in [3.8, 4) is 5.75 Å². The van der Waals surface area contributed by atoms with Gasteiger partial charge in [-0.15, -0.1) is 0 Å². The Morgan fingerprint density at radius 1 is 1.16 bits per heavy atom. The lowest BCUT2D eigenvalue weighted by Gasteiger charge is -2.49. The van der Waals surface area contributed by atoms with Crippen molar-refractivity contribution >= 4 is 0 Å². The highest BCUT2D eigenvalue weighted by Crippen LogP contribution is 2.60. The molecule has 0 bridgehead atoms. The van der Waals surface area contributed by atoms with E-state index in [2.05, 4.69) is 24.0 Å². The Morgan fingerprint density at radius 3 is 2.52 bits per heavy atom. The summed E-state index contributed by atoms with van der Waals surface area (Å²) in [5.74, 6) is 1.54. The second kappa shape index (κ2) is 7.26. The Morgan fingerprint density at radius 2 is 1.88 bits per heavy atom. The monoisotopic (exact) mass is 347 g/mol. The zero-order chi connectivity index (χ0) is 18.1. The Balaban J connectivity index is 1.64. The van der Waals surface area contributed by atoms with Crippen LogP contribution in [-0.2, 0) is 0 Å². The largest absolute Gasteiger partial charge is 0.492 e. The van der Waals surface area contributed by atoms with Gasteiger partial charge in [-0.2, -0.15) is 0 Å². The minimum absolute atomic E-state index is 0.131. The number of aliphatic hydroxyl groups is 2. The van der Waals surface area contributed by atoms with Gasteiger partial charge >= 0.3 is 0 Å². The summed E-state index contributed by atoms with van der Waals surface area (Å²) in [6.07, 6.45) is 4.63. The van der Waals surface area contributed by atoms with Crippen LogP contribution < -0.4 is 4.74 Å². The van der Waals surface area contributed by atoms with Gasteiger partial charge in [-0.05, 0) is 75.7 Å². The van der Waals surface area contributed by atoms with Gasteiger partial charge in [0.05, 0.1) is 5.60 Å². The number of hydrogen-bond acceptors (Lipinski definition) is 4. The first-order valence-corrected chi connectivity index (χ1v) is 9.59. The fourth-order valence-electron chi connectivity index (χ4n) is 4.91. The summed E-state index contributed by atoms with van der Waals surface area (Å²) in [6.45, 7) is 3.97. The molecule has 1 aromatic carbocycles. The van der Waals surface area contributed by atoms with Crippen LogP contribution in [0.2, 0.25) is 0 Å².